The number of hydrogen-bond donors (Lipinski definition) is 1. The summed E-state index contributed by atoms with van der Waals surface area (Å²) in [5, 5.41) is 10.4. The molecule has 0 bridgehead atoms. The third-order valence-electron chi connectivity index (χ3n) is 3.77. The van der Waals surface area contributed by atoms with E-state index in [0.29, 0.717) is 0 Å². The summed E-state index contributed by atoms with van der Waals surface area (Å²) in [5.41, 5.74) is -0.350. The highest BCUT2D eigenvalue weighted by Gasteiger charge is 2.28. The van der Waals surface area contributed by atoms with Crippen molar-refractivity contribution in [3.8, 4) is 0 Å². The molecule has 1 aliphatic carbocycles. The molecule has 0 aromatic rings. The van der Waals surface area contributed by atoms with Crippen LogP contribution >= 0.6 is 0 Å². The van der Waals surface area contributed by atoms with Crippen LogP contribution in [0.1, 0.15) is 71.6 Å². The lowest BCUT2D eigenvalue weighted by Gasteiger charge is -2.32. The molecule has 0 amide bonds. The predicted molar refractivity (Wildman–Crippen MR) is 61.3 cm³/mol. The van der Waals surface area contributed by atoms with Crippen LogP contribution in [0, 0.1) is 5.92 Å². The Labute approximate surface area is 88.9 Å². The van der Waals surface area contributed by atoms with Gasteiger partial charge in [-0.2, -0.15) is 0 Å². The molecule has 1 nitrogen and oxygen atoms in total. The van der Waals surface area contributed by atoms with E-state index in [9.17, 15) is 5.11 Å². The van der Waals surface area contributed by atoms with Crippen molar-refractivity contribution in [2.75, 3.05) is 0 Å². The Morgan fingerprint density at radius 2 is 1.79 bits per heavy atom. The summed E-state index contributed by atoms with van der Waals surface area (Å²) in [6, 6.07) is 0. The molecule has 0 aromatic heterocycles. The zero-order chi connectivity index (χ0) is 10.4. The van der Waals surface area contributed by atoms with Gasteiger partial charge < -0.3 is 5.11 Å². The Bertz CT molecular complexity index is 149. The van der Waals surface area contributed by atoms with Gasteiger partial charge in [0.2, 0.25) is 0 Å². The Morgan fingerprint density at radius 1 is 1.14 bits per heavy atom. The van der Waals surface area contributed by atoms with Crippen molar-refractivity contribution in [1.82, 2.24) is 0 Å². The lowest BCUT2D eigenvalue weighted by Crippen LogP contribution is -2.31. The van der Waals surface area contributed by atoms with Gasteiger partial charge in [-0.1, -0.05) is 52.4 Å². The molecule has 1 heteroatoms. The summed E-state index contributed by atoms with van der Waals surface area (Å²) in [5.74, 6) is 0.806. The van der Waals surface area contributed by atoms with E-state index >= 15 is 0 Å². The molecular formula is C13H26O. The maximum Gasteiger partial charge on any atom is 0.0647 e. The summed E-state index contributed by atoms with van der Waals surface area (Å²) in [6.45, 7) is 4.29. The largest absolute Gasteiger partial charge is 0.390 e. The van der Waals surface area contributed by atoms with Gasteiger partial charge in [0.1, 0.15) is 0 Å². The average molecular weight is 198 g/mol. The minimum Gasteiger partial charge on any atom is -0.390 e. The fourth-order valence-electron chi connectivity index (χ4n) is 2.82. The van der Waals surface area contributed by atoms with E-state index in [2.05, 4.69) is 13.8 Å². The Kier molecular flexibility index (Phi) is 4.94. The van der Waals surface area contributed by atoms with E-state index in [-0.39, 0.29) is 5.60 Å². The van der Waals surface area contributed by atoms with E-state index in [4.69, 9.17) is 0 Å². The lowest BCUT2D eigenvalue weighted by atomic mass is 9.78. The molecule has 0 aliphatic heterocycles. The van der Waals surface area contributed by atoms with Crippen LogP contribution in [0.5, 0.6) is 0 Å². The van der Waals surface area contributed by atoms with Gasteiger partial charge in [-0.3, -0.25) is 0 Å². The van der Waals surface area contributed by atoms with Gasteiger partial charge in [-0.05, 0) is 25.2 Å². The van der Waals surface area contributed by atoms with Crippen molar-refractivity contribution in [3.63, 3.8) is 0 Å². The van der Waals surface area contributed by atoms with E-state index in [1.54, 1.807) is 0 Å². The van der Waals surface area contributed by atoms with Crippen molar-refractivity contribution >= 4 is 0 Å². The fraction of sp³-hybridized carbons (Fsp3) is 1.00. The topological polar surface area (TPSA) is 20.2 Å². The molecule has 1 unspecified atom stereocenters. The minimum atomic E-state index is -0.350. The molecule has 84 valence electrons. The molecule has 1 rings (SSSR count). The molecule has 1 aliphatic rings. The van der Waals surface area contributed by atoms with Crippen LogP contribution in [0.15, 0.2) is 0 Å². The van der Waals surface area contributed by atoms with Gasteiger partial charge in [-0.25, -0.2) is 0 Å². The monoisotopic (exact) mass is 198 g/mol. The summed E-state index contributed by atoms with van der Waals surface area (Å²) >= 11 is 0. The average Bonchev–Trinajstić information content (AvgIpc) is 2.20. The second kappa shape index (κ2) is 5.75. The van der Waals surface area contributed by atoms with Crippen LogP contribution in [0.2, 0.25) is 0 Å². The minimum absolute atomic E-state index is 0.350. The van der Waals surface area contributed by atoms with E-state index < -0.39 is 0 Å². The van der Waals surface area contributed by atoms with Crippen LogP contribution in [-0.4, -0.2) is 10.7 Å². The molecule has 0 heterocycles. The first-order valence-electron chi connectivity index (χ1n) is 6.42. The third kappa shape index (κ3) is 3.61. The third-order valence-corrected chi connectivity index (χ3v) is 3.77. The van der Waals surface area contributed by atoms with Gasteiger partial charge >= 0.3 is 0 Å². The van der Waals surface area contributed by atoms with Crippen molar-refractivity contribution < 1.29 is 5.11 Å². The smallest absolute Gasteiger partial charge is 0.0647 e. The van der Waals surface area contributed by atoms with Gasteiger partial charge in [0.15, 0.2) is 0 Å². The molecule has 0 spiro atoms. The number of hydrogen-bond acceptors (Lipinski definition) is 1. The molecular weight excluding hydrogens is 172 g/mol. The first-order valence-corrected chi connectivity index (χ1v) is 6.42. The maximum absolute atomic E-state index is 10.4. The number of aliphatic hydroxyl groups is 1. The van der Waals surface area contributed by atoms with Gasteiger partial charge in [0.25, 0.3) is 0 Å². The van der Waals surface area contributed by atoms with Crippen molar-refractivity contribution in [3.05, 3.63) is 0 Å². The molecule has 14 heavy (non-hydrogen) atoms. The summed E-state index contributed by atoms with van der Waals surface area (Å²) in [4.78, 5) is 0. The number of rotatable bonds is 5. The van der Waals surface area contributed by atoms with E-state index in [1.165, 1.54) is 32.1 Å². The highest BCUT2D eigenvalue weighted by atomic mass is 16.3. The zero-order valence-corrected chi connectivity index (χ0v) is 9.89. The standard InChI is InChI=1S/C13H26O/c1-3-10-13(14,4-2)11-12-8-6-5-7-9-12/h12,14H,3-11H2,1-2H3. The van der Waals surface area contributed by atoms with Crippen molar-refractivity contribution in [1.29, 1.82) is 0 Å². The van der Waals surface area contributed by atoms with Crippen LogP contribution < -0.4 is 0 Å². The molecule has 1 atom stereocenters. The SMILES string of the molecule is CCCC(O)(CC)CC1CCCCC1. The summed E-state index contributed by atoms with van der Waals surface area (Å²) in [6.07, 6.45) is 11.0. The van der Waals surface area contributed by atoms with Gasteiger partial charge in [-0.15, -0.1) is 0 Å². The summed E-state index contributed by atoms with van der Waals surface area (Å²) < 4.78 is 0. The first kappa shape index (κ1) is 12.0. The molecule has 1 saturated carbocycles. The highest BCUT2D eigenvalue weighted by Crippen LogP contribution is 2.33. The normalized spacial score (nSPS) is 23.4. The fourth-order valence-corrected chi connectivity index (χ4v) is 2.82. The van der Waals surface area contributed by atoms with Gasteiger partial charge in [0.05, 0.1) is 5.60 Å². The van der Waals surface area contributed by atoms with Crippen LogP contribution in [0.4, 0.5) is 0 Å². The van der Waals surface area contributed by atoms with Crippen LogP contribution in [0.25, 0.3) is 0 Å². The molecule has 1 N–H and O–H groups in total. The van der Waals surface area contributed by atoms with Crippen molar-refractivity contribution in [2.24, 2.45) is 5.92 Å². The van der Waals surface area contributed by atoms with Crippen molar-refractivity contribution in [2.45, 2.75) is 77.2 Å². The molecule has 0 saturated heterocycles. The van der Waals surface area contributed by atoms with Gasteiger partial charge in [0, 0.05) is 0 Å². The van der Waals surface area contributed by atoms with Crippen LogP contribution in [0.3, 0.4) is 0 Å². The summed E-state index contributed by atoms with van der Waals surface area (Å²) in [7, 11) is 0. The Morgan fingerprint density at radius 3 is 2.29 bits per heavy atom. The predicted octanol–water partition coefficient (Wildman–Crippen LogP) is 3.90. The zero-order valence-electron chi connectivity index (χ0n) is 9.89. The van der Waals surface area contributed by atoms with E-state index in [1.807, 2.05) is 0 Å². The Hall–Kier alpha value is -0.0400. The lowest BCUT2D eigenvalue weighted by molar-refractivity contribution is -0.00204. The first-order chi connectivity index (χ1) is 6.70. The Balaban J connectivity index is 2.37. The maximum atomic E-state index is 10.4. The highest BCUT2D eigenvalue weighted by molar-refractivity contribution is 4.81. The van der Waals surface area contributed by atoms with E-state index in [0.717, 1.165) is 31.6 Å². The quantitative estimate of drug-likeness (QED) is 0.710. The molecule has 1 fully saturated rings. The molecule has 0 aromatic carbocycles. The second-order valence-electron chi connectivity index (χ2n) is 5.04. The van der Waals surface area contributed by atoms with Crippen LogP contribution in [-0.2, 0) is 0 Å². The second-order valence-corrected chi connectivity index (χ2v) is 5.04. The molecule has 0 radical (unpaired) electrons.